The number of phenols is 1. The van der Waals surface area contributed by atoms with Gasteiger partial charge in [-0.15, -0.1) is 10.2 Å². The molecule has 0 saturated carbocycles. The van der Waals surface area contributed by atoms with Crippen molar-refractivity contribution in [3.05, 3.63) is 42.7 Å². The van der Waals surface area contributed by atoms with Crippen molar-refractivity contribution in [2.75, 3.05) is 0 Å². The average Bonchev–Trinajstić information content (AvgIpc) is 3.37. The lowest BCUT2D eigenvalue weighted by atomic mass is 10.0. The highest BCUT2D eigenvalue weighted by molar-refractivity contribution is 5.73. The molecule has 0 aliphatic carbocycles. The van der Waals surface area contributed by atoms with E-state index in [2.05, 4.69) is 25.7 Å². The number of hydrogen-bond donors (Lipinski definition) is 3. The van der Waals surface area contributed by atoms with Crippen LogP contribution >= 0.6 is 0 Å². The van der Waals surface area contributed by atoms with Gasteiger partial charge in [-0.05, 0) is 36.6 Å². The van der Waals surface area contributed by atoms with Crippen molar-refractivity contribution in [1.82, 2.24) is 25.7 Å². The lowest BCUT2D eigenvalue weighted by Crippen LogP contribution is -2.51. The molecule has 2 fully saturated rings. The molecule has 0 amide bonds. The molecule has 2 saturated heterocycles. The van der Waals surface area contributed by atoms with Crippen LogP contribution in [0.15, 0.2) is 42.7 Å². The minimum Gasteiger partial charge on any atom is -0.507 e. The Morgan fingerprint density at radius 2 is 2.04 bits per heavy atom. The summed E-state index contributed by atoms with van der Waals surface area (Å²) in [6, 6.07) is 8.90. The largest absolute Gasteiger partial charge is 0.507 e. The van der Waals surface area contributed by atoms with Crippen LogP contribution in [0.5, 0.6) is 11.6 Å². The van der Waals surface area contributed by atoms with Gasteiger partial charge in [0, 0.05) is 41.9 Å². The average molecular weight is 381 g/mol. The Bertz CT molecular complexity index is 963. The predicted molar refractivity (Wildman–Crippen MR) is 101 cm³/mol. The summed E-state index contributed by atoms with van der Waals surface area (Å²) in [5.41, 5.74) is 2.81. The number of benzene rings is 1. The van der Waals surface area contributed by atoms with Crippen LogP contribution in [0.1, 0.15) is 19.3 Å². The number of nitrogens with zero attached hydrogens (tertiary/aromatic N) is 3. The molecule has 1 aromatic carbocycles. The zero-order chi connectivity index (χ0) is 19.1. The maximum Gasteiger partial charge on any atom is 0.233 e. The van der Waals surface area contributed by atoms with Gasteiger partial charge in [-0.3, -0.25) is 5.10 Å². The molecule has 0 spiro atoms. The van der Waals surface area contributed by atoms with Crippen molar-refractivity contribution in [3.63, 3.8) is 0 Å². The zero-order valence-corrected chi connectivity index (χ0v) is 15.0. The smallest absolute Gasteiger partial charge is 0.233 e. The van der Waals surface area contributed by atoms with Gasteiger partial charge in [0.2, 0.25) is 5.88 Å². The molecule has 2 aromatic heterocycles. The fourth-order valence-electron chi connectivity index (χ4n) is 4.09. The molecule has 0 unspecified atom stereocenters. The quantitative estimate of drug-likeness (QED) is 0.643. The summed E-state index contributed by atoms with van der Waals surface area (Å²) >= 11 is 0. The molecule has 3 N–H and O–H groups in total. The van der Waals surface area contributed by atoms with Crippen molar-refractivity contribution in [1.29, 1.82) is 0 Å². The molecule has 2 bridgehead atoms. The van der Waals surface area contributed by atoms with Crippen LogP contribution < -0.4 is 10.1 Å². The number of nitrogens with one attached hydrogen (secondary N) is 2. The highest BCUT2D eigenvalue weighted by Gasteiger charge is 2.43. The Labute approximate surface area is 161 Å². The molecule has 3 aromatic rings. The topological polar surface area (TPSA) is 96.0 Å². The van der Waals surface area contributed by atoms with Crippen LogP contribution in [0.2, 0.25) is 0 Å². The number of H-pyrrole nitrogens is 1. The second-order valence-corrected chi connectivity index (χ2v) is 7.36. The zero-order valence-electron chi connectivity index (χ0n) is 15.0. The Hall–Kier alpha value is -3.00. The number of piperidine rings is 1. The van der Waals surface area contributed by atoms with Crippen molar-refractivity contribution < 1.29 is 14.2 Å². The minimum atomic E-state index is -1.04. The van der Waals surface area contributed by atoms with Crippen LogP contribution in [-0.2, 0) is 0 Å². The van der Waals surface area contributed by atoms with Crippen LogP contribution in [0.3, 0.4) is 0 Å². The molecule has 0 radical (unpaired) electrons. The van der Waals surface area contributed by atoms with Crippen LogP contribution in [0.4, 0.5) is 4.39 Å². The number of aromatic nitrogens is 4. The molecular weight excluding hydrogens is 361 g/mol. The van der Waals surface area contributed by atoms with Gasteiger partial charge in [0.1, 0.15) is 11.9 Å². The van der Waals surface area contributed by atoms with E-state index in [1.165, 1.54) is 0 Å². The van der Waals surface area contributed by atoms with E-state index in [1.807, 2.05) is 6.07 Å². The number of hydrogen-bond acceptors (Lipinski definition) is 6. The normalized spacial score (nSPS) is 26.3. The lowest BCUT2D eigenvalue weighted by molar-refractivity contribution is 0.0422. The summed E-state index contributed by atoms with van der Waals surface area (Å²) < 4.78 is 20.3. The molecule has 2 aliphatic heterocycles. The van der Waals surface area contributed by atoms with E-state index < -0.39 is 12.3 Å². The summed E-state index contributed by atoms with van der Waals surface area (Å²) in [4.78, 5) is 0. The SMILES string of the molecule is Oc1cc(-c2cn[nH]c2)ccc1-c1ccc(O[C@H]2C[C@@H]3CC[C@@H](N3)[C@H]2F)nn1. The number of ether oxygens (including phenoxy) is 1. The molecule has 4 heterocycles. The number of phenolic OH excluding ortho intramolecular Hbond substituents is 1. The first kappa shape index (κ1) is 17.1. The van der Waals surface area contributed by atoms with Gasteiger partial charge in [-0.25, -0.2) is 4.39 Å². The molecule has 8 heteroatoms. The molecule has 28 heavy (non-hydrogen) atoms. The fourth-order valence-corrected chi connectivity index (χ4v) is 4.09. The van der Waals surface area contributed by atoms with Gasteiger partial charge >= 0.3 is 0 Å². The first-order chi connectivity index (χ1) is 13.7. The first-order valence-electron chi connectivity index (χ1n) is 9.40. The van der Waals surface area contributed by atoms with E-state index >= 15 is 0 Å². The van der Waals surface area contributed by atoms with Crippen molar-refractivity contribution in [2.24, 2.45) is 0 Å². The van der Waals surface area contributed by atoms with Gasteiger partial charge < -0.3 is 15.2 Å². The summed E-state index contributed by atoms with van der Waals surface area (Å²) in [5.74, 6) is 0.396. The van der Waals surface area contributed by atoms with Crippen LogP contribution in [0.25, 0.3) is 22.4 Å². The Morgan fingerprint density at radius 3 is 2.79 bits per heavy atom. The van der Waals surface area contributed by atoms with E-state index in [0.29, 0.717) is 29.6 Å². The molecule has 144 valence electrons. The third-order valence-electron chi connectivity index (χ3n) is 5.55. The third-order valence-corrected chi connectivity index (χ3v) is 5.55. The number of fused-ring (bicyclic) bond motifs is 2. The van der Waals surface area contributed by atoms with E-state index in [-0.39, 0.29) is 11.8 Å². The number of aromatic amines is 1. The van der Waals surface area contributed by atoms with Crippen molar-refractivity contribution >= 4 is 0 Å². The van der Waals surface area contributed by atoms with Crippen LogP contribution in [-0.4, -0.2) is 49.9 Å². The fraction of sp³-hybridized carbons (Fsp3) is 0.350. The third kappa shape index (κ3) is 3.09. The number of halogens is 1. The highest BCUT2D eigenvalue weighted by atomic mass is 19.1. The van der Waals surface area contributed by atoms with Crippen molar-refractivity contribution in [2.45, 2.75) is 43.6 Å². The molecule has 7 nitrogen and oxygen atoms in total. The van der Waals surface area contributed by atoms with Gasteiger partial charge in [0.15, 0.2) is 6.17 Å². The summed E-state index contributed by atoms with van der Waals surface area (Å²) in [6.45, 7) is 0. The second kappa shape index (κ2) is 6.87. The number of rotatable bonds is 4. The monoisotopic (exact) mass is 381 g/mol. The Morgan fingerprint density at radius 1 is 1.11 bits per heavy atom. The lowest BCUT2D eigenvalue weighted by Gasteiger charge is -2.32. The Kier molecular flexibility index (Phi) is 4.20. The van der Waals surface area contributed by atoms with Gasteiger partial charge in [-0.1, -0.05) is 6.07 Å². The van der Waals surface area contributed by atoms with E-state index in [9.17, 15) is 9.50 Å². The maximum absolute atomic E-state index is 14.5. The first-order valence-corrected chi connectivity index (χ1v) is 9.40. The predicted octanol–water partition coefficient (Wildman–Crippen LogP) is 2.85. The minimum absolute atomic E-state index is 0.0976. The number of aromatic hydroxyl groups is 1. The van der Waals surface area contributed by atoms with Crippen molar-refractivity contribution in [3.8, 4) is 34.0 Å². The number of alkyl halides is 1. The summed E-state index contributed by atoms with van der Waals surface area (Å²) in [7, 11) is 0. The van der Waals surface area contributed by atoms with Gasteiger partial charge in [0.05, 0.1) is 11.9 Å². The van der Waals surface area contributed by atoms with E-state index in [4.69, 9.17) is 4.74 Å². The molecule has 2 aliphatic rings. The van der Waals surface area contributed by atoms with E-state index in [1.54, 1.807) is 36.7 Å². The molecule has 5 rings (SSSR count). The molecular formula is C20H20FN5O2. The van der Waals surface area contributed by atoms with Gasteiger partial charge in [-0.2, -0.15) is 5.10 Å². The van der Waals surface area contributed by atoms with E-state index in [0.717, 1.165) is 24.0 Å². The van der Waals surface area contributed by atoms with Gasteiger partial charge in [0.25, 0.3) is 0 Å². The highest BCUT2D eigenvalue weighted by Crippen LogP contribution is 2.34. The summed E-state index contributed by atoms with van der Waals surface area (Å²) in [6.07, 6.45) is 4.38. The Balaban J connectivity index is 1.32. The molecule has 4 atom stereocenters. The standard InChI is InChI=1S/C20H20FN5O2/c21-20-16-4-2-13(24-16)8-18(20)28-19-6-5-15(25-26-19)14-3-1-11(7-17(14)27)12-9-22-23-10-12/h1,3,5-7,9-10,13,16,18,20,24,27H,2,4,8H2,(H,22,23)/t13-,16+,18-,20+/m0/s1. The maximum atomic E-state index is 14.5. The van der Waals surface area contributed by atoms with Crippen LogP contribution in [0, 0.1) is 0 Å². The second-order valence-electron chi connectivity index (χ2n) is 7.36. The summed E-state index contributed by atoms with van der Waals surface area (Å²) in [5, 5.41) is 28.6.